The molecule has 1 aliphatic rings. The number of ether oxygens (including phenoxy) is 1. The molecule has 15 heavy (non-hydrogen) atoms. The van der Waals surface area contributed by atoms with E-state index in [9.17, 15) is 9.59 Å². The van der Waals surface area contributed by atoms with Crippen LogP contribution in [0.5, 0.6) is 0 Å². The van der Waals surface area contributed by atoms with Crippen LogP contribution in [0, 0.1) is 0 Å². The molecule has 0 saturated carbocycles. The average Bonchev–Trinajstić information content (AvgIpc) is 2.21. The molecule has 1 fully saturated rings. The minimum Gasteiger partial charge on any atom is -0.466 e. The first-order valence-electron chi connectivity index (χ1n) is 5.32. The first-order valence-corrected chi connectivity index (χ1v) is 5.32. The number of amides is 1. The molecule has 0 radical (unpaired) electrons. The Labute approximate surface area is 89.8 Å². The second kappa shape index (κ2) is 5.70. The Morgan fingerprint density at radius 1 is 1.67 bits per heavy atom. The smallest absolute Gasteiger partial charge is 0.307 e. The summed E-state index contributed by atoms with van der Waals surface area (Å²) in [6, 6.07) is -0.145. The Morgan fingerprint density at radius 3 is 3.07 bits per heavy atom. The van der Waals surface area contributed by atoms with Crippen molar-refractivity contribution in [3.05, 3.63) is 0 Å². The highest BCUT2D eigenvalue weighted by Gasteiger charge is 2.25. The number of nitrogens with one attached hydrogen (secondary N) is 1. The fourth-order valence-electron chi connectivity index (χ4n) is 1.60. The maximum Gasteiger partial charge on any atom is 0.307 e. The van der Waals surface area contributed by atoms with Gasteiger partial charge in [0.25, 0.3) is 0 Å². The van der Waals surface area contributed by atoms with Gasteiger partial charge < -0.3 is 10.1 Å². The molecule has 1 heterocycles. The van der Waals surface area contributed by atoms with E-state index in [2.05, 4.69) is 5.32 Å². The van der Waals surface area contributed by atoms with Crippen LogP contribution in [-0.4, -0.2) is 49.1 Å². The van der Waals surface area contributed by atoms with E-state index < -0.39 is 0 Å². The predicted octanol–water partition coefficient (Wildman–Crippen LogP) is -0.240. The molecular formula is C10H18N2O3. The van der Waals surface area contributed by atoms with Crippen molar-refractivity contribution >= 4 is 11.9 Å². The normalized spacial score (nSPS) is 22.3. The lowest BCUT2D eigenvalue weighted by Crippen LogP contribution is -2.54. The van der Waals surface area contributed by atoms with Gasteiger partial charge in [0.05, 0.1) is 19.1 Å². The third-order valence-corrected chi connectivity index (χ3v) is 2.53. The summed E-state index contributed by atoms with van der Waals surface area (Å²) in [5, 5.41) is 2.78. The van der Waals surface area contributed by atoms with E-state index in [4.69, 9.17) is 4.74 Å². The summed E-state index contributed by atoms with van der Waals surface area (Å²) in [5.41, 5.74) is 0. The third-order valence-electron chi connectivity index (χ3n) is 2.53. The van der Waals surface area contributed by atoms with Crippen LogP contribution in [0.4, 0.5) is 0 Å². The van der Waals surface area contributed by atoms with Crippen molar-refractivity contribution in [3.8, 4) is 0 Å². The van der Waals surface area contributed by atoms with Gasteiger partial charge in [0.2, 0.25) is 5.91 Å². The van der Waals surface area contributed by atoms with Gasteiger partial charge in [-0.3, -0.25) is 14.5 Å². The average molecular weight is 214 g/mol. The zero-order valence-corrected chi connectivity index (χ0v) is 9.28. The summed E-state index contributed by atoms with van der Waals surface area (Å²) in [7, 11) is 0. The molecule has 0 bridgehead atoms. The number of carbonyl (C=O) groups excluding carboxylic acids is 2. The highest BCUT2D eigenvalue weighted by atomic mass is 16.5. The van der Waals surface area contributed by atoms with Gasteiger partial charge >= 0.3 is 5.97 Å². The molecule has 0 aromatic carbocycles. The first kappa shape index (κ1) is 12.0. The van der Waals surface area contributed by atoms with Gasteiger partial charge in [-0.15, -0.1) is 0 Å². The number of rotatable bonds is 4. The van der Waals surface area contributed by atoms with E-state index in [1.807, 2.05) is 11.8 Å². The molecule has 5 nitrogen and oxygen atoms in total. The van der Waals surface area contributed by atoms with E-state index in [-0.39, 0.29) is 17.9 Å². The lowest BCUT2D eigenvalue weighted by molar-refractivity contribution is -0.144. The van der Waals surface area contributed by atoms with Gasteiger partial charge in [-0.1, -0.05) is 0 Å². The van der Waals surface area contributed by atoms with E-state index in [0.717, 1.165) is 6.54 Å². The summed E-state index contributed by atoms with van der Waals surface area (Å²) < 4.78 is 4.83. The zero-order valence-electron chi connectivity index (χ0n) is 9.28. The Balaban J connectivity index is 2.31. The molecule has 1 aliphatic heterocycles. The zero-order chi connectivity index (χ0) is 11.3. The van der Waals surface area contributed by atoms with Crippen molar-refractivity contribution in [3.63, 3.8) is 0 Å². The number of nitrogens with zero attached hydrogens (tertiary/aromatic N) is 1. The van der Waals surface area contributed by atoms with Crippen molar-refractivity contribution in [2.24, 2.45) is 0 Å². The molecule has 1 saturated heterocycles. The van der Waals surface area contributed by atoms with Gasteiger partial charge in [-0.25, -0.2) is 0 Å². The van der Waals surface area contributed by atoms with Crippen LogP contribution in [0.25, 0.3) is 0 Å². The van der Waals surface area contributed by atoms with Crippen LogP contribution in [-0.2, 0) is 14.3 Å². The van der Waals surface area contributed by atoms with Crippen molar-refractivity contribution in [2.75, 3.05) is 26.2 Å². The van der Waals surface area contributed by atoms with Gasteiger partial charge in [0.15, 0.2) is 0 Å². The van der Waals surface area contributed by atoms with Crippen LogP contribution < -0.4 is 5.32 Å². The van der Waals surface area contributed by atoms with E-state index in [1.165, 1.54) is 0 Å². The summed E-state index contributed by atoms with van der Waals surface area (Å²) in [4.78, 5) is 24.4. The topological polar surface area (TPSA) is 58.6 Å². The van der Waals surface area contributed by atoms with Crippen molar-refractivity contribution in [1.82, 2.24) is 10.2 Å². The molecule has 1 atom stereocenters. The number of carbonyl (C=O) groups is 2. The second-order valence-corrected chi connectivity index (χ2v) is 3.56. The fraction of sp³-hybridized carbons (Fsp3) is 0.800. The predicted molar refractivity (Wildman–Crippen MR) is 55.3 cm³/mol. The van der Waals surface area contributed by atoms with Crippen molar-refractivity contribution < 1.29 is 14.3 Å². The lowest BCUT2D eigenvalue weighted by Gasteiger charge is -2.32. The molecule has 0 aliphatic carbocycles. The molecule has 0 spiro atoms. The number of hydrogen-bond acceptors (Lipinski definition) is 4. The largest absolute Gasteiger partial charge is 0.466 e. The highest BCUT2D eigenvalue weighted by molar-refractivity contribution is 5.82. The number of hydrogen-bond donors (Lipinski definition) is 1. The summed E-state index contributed by atoms with van der Waals surface area (Å²) in [5.74, 6) is -0.166. The number of piperazine rings is 1. The molecule has 1 unspecified atom stereocenters. The first-order chi connectivity index (χ1) is 7.15. The molecule has 0 aromatic rings. The lowest BCUT2D eigenvalue weighted by atomic mass is 10.2. The molecule has 86 valence electrons. The second-order valence-electron chi connectivity index (χ2n) is 3.56. The minimum atomic E-state index is -0.198. The Kier molecular flexibility index (Phi) is 4.55. The van der Waals surface area contributed by atoms with Crippen LogP contribution in [0.1, 0.15) is 20.3 Å². The quantitative estimate of drug-likeness (QED) is 0.656. The summed E-state index contributed by atoms with van der Waals surface area (Å²) in [6.45, 7) is 6.09. The standard InChI is InChI=1S/C10H18N2O3/c1-3-15-9(13)4-6-12-7-5-11-10(14)8(12)2/h8H,3-7H2,1-2H3,(H,11,14). The van der Waals surface area contributed by atoms with Gasteiger partial charge in [-0.05, 0) is 13.8 Å². The van der Waals surface area contributed by atoms with Crippen LogP contribution in [0.2, 0.25) is 0 Å². The van der Waals surface area contributed by atoms with Crippen molar-refractivity contribution in [2.45, 2.75) is 26.3 Å². The van der Waals surface area contributed by atoms with Crippen LogP contribution in [0.15, 0.2) is 0 Å². The monoisotopic (exact) mass is 214 g/mol. The molecule has 5 heteroatoms. The summed E-state index contributed by atoms with van der Waals surface area (Å²) in [6.07, 6.45) is 0.353. The maximum absolute atomic E-state index is 11.3. The molecule has 0 aromatic heterocycles. The minimum absolute atomic E-state index is 0.0325. The Morgan fingerprint density at radius 2 is 2.40 bits per heavy atom. The molecule has 1 rings (SSSR count). The number of esters is 1. The van der Waals surface area contributed by atoms with Gasteiger partial charge in [0, 0.05) is 19.6 Å². The highest BCUT2D eigenvalue weighted by Crippen LogP contribution is 2.04. The van der Waals surface area contributed by atoms with Gasteiger partial charge in [-0.2, -0.15) is 0 Å². The Hall–Kier alpha value is -1.10. The van der Waals surface area contributed by atoms with Crippen LogP contribution in [0.3, 0.4) is 0 Å². The maximum atomic E-state index is 11.3. The third kappa shape index (κ3) is 3.51. The summed E-state index contributed by atoms with van der Waals surface area (Å²) >= 11 is 0. The molecular weight excluding hydrogens is 196 g/mol. The van der Waals surface area contributed by atoms with E-state index in [0.29, 0.717) is 26.1 Å². The van der Waals surface area contributed by atoms with E-state index >= 15 is 0 Å². The van der Waals surface area contributed by atoms with Crippen LogP contribution >= 0.6 is 0 Å². The van der Waals surface area contributed by atoms with Crippen molar-refractivity contribution in [1.29, 1.82) is 0 Å². The SMILES string of the molecule is CCOC(=O)CCN1CCNC(=O)C1C. The molecule has 1 N–H and O–H groups in total. The fourth-order valence-corrected chi connectivity index (χ4v) is 1.60. The molecule has 1 amide bonds. The van der Waals surface area contributed by atoms with E-state index in [1.54, 1.807) is 6.92 Å². The Bertz CT molecular complexity index is 243. The van der Waals surface area contributed by atoms with Gasteiger partial charge in [0.1, 0.15) is 0 Å².